The van der Waals surface area contributed by atoms with E-state index < -0.39 is 12.0 Å². The summed E-state index contributed by atoms with van der Waals surface area (Å²) < 4.78 is 5.68. The van der Waals surface area contributed by atoms with Gasteiger partial charge in [0.25, 0.3) is 0 Å². The molecule has 0 spiro atoms. The van der Waals surface area contributed by atoms with Gasteiger partial charge in [-0.2, -0.15) is 0 Å². The Bertz CT molecular complexity index is 469. The Morgan fingerprint density at radius 2 is 1.50 bits per heavy atom. The van der Waals surface area contributed by atoms with Crippen molar-refractivity contribution >= 4 is 11.9 Å². The topological polar surface area (TPSA) is 102 Å². The molecule has 4 N–H and O–H groups in total. The molecule has 0 saturated heterocycles. The fourth-order valence-electron chi connectivity index (χ4n) is 3.57. The molecule has 0 saturated carbocycles. The summed E-state index contributed by atoms with van der Waals surface area (Å²) in [4.78, 5) is 23.2. The van der Waals surface area contributed by atoms with E-state index >= 15 is 0 Å². The summed E-state index contributed by atoms with van der Waals surface area (Å²) in [5.74, 6) is -1.13. The van der Waals surface area contributed by atoms with E-state index in [9.17, 15) is 14.7 Å². The van der Waals surface area contributed by atoms with Crippen molar-refractivity contribution in [2.24, 2.45) is 5.73 Å². The fraction of sp³-hybridized carbons (Fsp3) is 0.846. The monoisotopic (exact) mass is 454 g/mol. The van der Waals surface area contributed by atoms with Gasteiger partial charge in [-0.15, -0.1) is 0 Å². The molecule has 0 rings (SSSR count). The maximum absolute atomic E-state index is 11.9. The van der Waals surface area contributed by atoms with Crippen LogP contribution in [0.1, 0.15) is 116 Å². The van der Waals surface area contributed by atoms with Crippen molar-refractivity contribution < 1.29 is 19.4 Å². The maximum atomic E-state index is 11.9. The van der Waals surface area contributed by atoms with Crippen molar-refractivity contribution in [1.29, 1.82) is 0 Å². The number of aliphatic carboxylic acids is 1. The predicted molar refractivity (Wildman–Crippen MR) is 133 cm³/mol. The SMILES string of the molecule is CCCCCCCCCOCC/C=C\CCCCCCC(=O)NC(CCCCN)C(=O)O. The number of hydrogen-bond donors (Lipinski definition) is 3. The number of hydrogen-bond acceptors (Lipinski definition) is 4. The highest BCUT2D eigenvalue weighted by atomic mass is 16.5. The number of carbonyl (C=O) groups excluding carboxylic acids is 1. The minimum absolute atomic E-state index is 0.165. The molecule has 188 valence electrons. The predicted octanol–water partition coefficient (Wildman–Crippen LogP) is 5.74. The van der Waals surface area contributed by atoms with Crippen molar-refractivity contribution in [2.75, 3.05) is 19.8 Å². The lowest BCUT2D eigenvalue weighted by atomic mass is 10.1. The highest BCUT2D eigenvalue weighted by molar-refractivity contribution is 5.83. The molecule has 0 aliphatic heterocycles. The zero-order valence-electron chi connectivity index (χ0n) is 20.6. The van der Waals surface area contributed by atoms with Gasteiger partial charge in [0.05, 0.1) is 6.61 Å². The first-order valence-electron chi connectivity index (χ1n) is 13.1. The molecule has 0 aromatic carbocycles. The lowest BCUT2D eigenvalue weighted by molar-refractivity contribution is -0.142. The number of nitrogens with one attached hydrogen (secondary N) is 1. The van der Waals surface area contributed by atoms with Crippen LogP contribution in [-0.4, -0.2) is 42.8 Å². The molecular formula is C26H50N2O4. The van der Waals surface area contributed by atoms with E-state index in [0.29, 0.717) is 25.8 Å². The second kappa shape index (κ2) is 24.2. The third kappa shape index (κ3) is 21.8. The molecule has 0 fully saturated rings. The van der Waals surface area contributed by atoms with Crippen molar-refractivity contribution in [3.05, 3.63) is 12.2 Å². The molecule has 6 heteroatoms. The van der Waals surface area contributed by atoms with Crippen LogP contribution in [0.2, 0.25) is 0 Å². The van der Waals surface area contributed by atoms with Crippen LogP contribution >= 0.6 is 0 Å². The molecule has 1 atom stereocenters. The number of allylic oxidation sites excluding steroid dienone is 1. The average Bonchev–Trinajstić information content (AvgIpc) is 2.77. The van der Waals surface area contributed by atoms with Crippen molar-refractivity contribution in [1.82, 2.24) is 5.32 Å². The highest BCUT2D eigenvalue weighted by Crippen LogP contribution is 2.08. The Balaban J connectivity index is 3.45. The molecule has 1 unspecified atom stereocenters. The lowest BCUT2D eigenvalue weighted by Crippen LogP contribution is -2.40. The Labute approximate surface area is 196 Å². The van der Waals surface area contributed by atoms with Gasteiger partial charge in [-0.1, -0.05) is 70.4 Å². The molecule has 0 aromatic heterocycles. The second-order valence-corrected chi connectivity index (χ2v) is 8.69. The summed E-state index contributed by atoms with van der Waals surface area (Å²) in [6.07, 6.45) is 22.0. The molecule has 0 aliphatic rings. The van der Waals surface area contributed by atoms with Crippen LogP contribution in [-0.2, 0) is 14.3 Å². The second-order valence-electron chi connectivity index (χ2n) is 8.69. The van der Waals surface area contributed by atoms with Gasteiger partial charge in [0.15, 0.2) is 0 Å². The van der Waals surface area contributed by atoms with Crippen LogP contribution in [0, 0.1) is 0 Å². The van der Waals surface area contributed by atoms with Gasteiger partial charge < -0.3 is 20.9 Å². The Morgan fingerprint density at radius 3 is 2.22 bits per heavy atom. The number of rotatable bonds is 24. The molecule has 6 nitrogen and oxygen atoms in total. The zero-order valence-corrected chi connectivity index (χ0v) is 20.6. The van der Waals surface area contributed by atoms with E-state index in [1.165, 1.54) is 44.9 Å². The first kappa shape index (κ1) is 30.6. The van der Waals surface area contributed by atoms with Gasteiger partial charge in [0.2, 0.25) is 5.91 Å². The minimum atomic E-state index is -0.967. The van der Waals surface area contributed by atoms with E-state index in [4.69, 9.17) is 10.5 Å². The number of carboxylic acids is 1. The van der Waals surface area contributed by atoms with Gasteiger partial charge in [0, 0.05) is 13.0 Å². The maximum Gasteiger partial charge on any atom is 0.326 e. The van der Waals surface area contributed by atoms with Crippen molar-refractivity contribution in [3.63, 3.8) is 0 Å². The van der Waals surface area contributed by atoms with Crippen LogP contribution in [0.4, 0.5) is 0 Å². The quantitative estimate of drug-likeness (QED) is 0.127. The standard InChI is InChI=1S/C26H50N2O4/c1-2-3-4-5-9-12-17-22-32-23-18-13-10-7-6-8-11-14-20-25(29)28-24(26(30)31)19-15-16-21-27/h10,13,24H,2-9,11-12,14-23,27H2,1H3,(H,28,29)(H,30,31)/b13-10-. The van der Waals surface area contributed by atoms with Gasteiger partial charge >= 0.3 is 5.97 Å². The Hall–Kier alpha value is -1.40. The summed E-state index contributed by atoms with van der Waals surface area (Å²) in [5.41, 5.74) is 5.43. The number of carboxylic acid groups (broad SMARTS) is 1. The van der Waals surface area contributed by atoms with E-state index in [1.54, 1.807) is 0 Å². The first-order valence-corrected chi connectivity index (χ1v) is 13.1. The van der Waals surface area contributed by atoms with Crippen LogP contribution in [0.5, 0.6) is 0 Å². The number of carbonyl (C=O) groups is 2. The van der Waals surface area contributed by atoms with Crippen LogP contribution in [0.15, 0.2) is 12.2 Å². The number of amides is 1. The van der Waals surface area contributed by atoms with E-state index in [0.717, 1.165) is 58.2 Å². The summed E-state index contributed by atoms with van der Waals surface area (Å²) in [7, 11) is 0. The Morgan fingerprint density at radius 1 is 0.844 bits per heavy atom. The molecule has 0 aliphatic carbocycles. The van der Waals surface area contributed by atoms with Gasteiger partial charge in [0.1, 0.15) is 6.04 Å². The summed E-state index contributed by atoms with van der Waals surface area (Å²) in [6, 6.07) is -0.793. The number of unbranched alkanes of at least 4 members (excludes halogenated alkanes) is 11. The van der Waals surface area contributed by atoms with Crippen LogP contribution in [0.25, 0.3) is 0 Å². The van der Waals surface area contributed by atoms with E-state index in [2.05, 4.69) is 24.4 Å². The zero-order chi connectivity index (χ0) is 23.7. The lowest BCUT2D eigenvalue weighted by Gasteiger charge is -2.14. The molecule has 0 aromatic rings. The van der Waals surface area contributed by atoms with Gasteiger partial charge in [-0.3, -0.25) is 4.79 Å². The van der Waals surface area contributed by atoms with Crippen molar-refractivity contribution in [2.45, 2.75) is 122 Å². The molecule has 0 bridgehead atoms. The highest BCUT2D eigenvalue weighted by Gasteiger charge is 2.18. The average molecular weight is 455 g/mol. The first-order chi connectivity index (χ1) is 15.6. The fourth-order valence-corrected chi connectivity index (χ4v) is 3.57. The minimum Gasteiger partial charge on any atom is -0.480 e. The number of nitrogens with two attached hydrogens (primary N) is 1. The third-order valence-electron chi connectivity index (χ3n) is 5.59. The van der Waals surface area contributed by atoms with Gasteiger partial charge in [-0.25, -0.2) is 4.79 Å². The molecule has 0 heterocycles. The summed E-state index contributed by atoms with van der Waals surface area (Å²) in [5, 5.41) is 11.8. The molecule has 0 radical (unpaired) electrons. The van der Waals surface area contributed by atoms with E-state index in [1.807, 2.05) is 0 Å². The summed E-state index contributed by atoms with van der Waals surface area (Å²) >= 11 is 0. The van der Waals surface area contributed by atoms with Gasteiger partial charge in [-0.05, 0) is 57.9 Å². The van der Waals surface area contributed by atoms with Crippen molar-refractivity contribution in [3.8, 4) is 0 Å². The smallest absolute Gasteiger partial charge is 0.326 e. The molecule has 1 amide bonds. The van der Waals surface area contributed by atoms with Crippen LogP contribution < -0.4 is 11.1 Å². The normalized spacial score (nSPS) is 12.3. The molecule has 32 heavy (non-hydrogen) atoms. The third-order valence-corrected chi connectivity index (χ3v) is 5.59. The van der Waals surface area contributed by atoms with E-state index in [-0.39, 0.29) is 5.91 Å². The largest absolute Gasteiger partial charge is 0.480 e. The number of ether oxygens (including phenoxy) is 1. The Kier molecular flexibility index (Phi) is 23.2. The summed E-state index contributed by atoms with van der Waals surface area (Å²) in [6.45, 7) is 4.49. The molecular weight excluding hydrogens is 404 g/mol. The van der Waals surface area contributed by atoms with Crippen LogP contribution in [0.3, 0.4) is 0 Å².